The number of carbonyl (C=O) groups excluding carboxylic acids is 1. The number of urea groups is 1. The summed E-state index contributed by atoms with van der Waals surface area (Å²) in [5.41, 5.74) is 2.40. The lowest BCUT2D eigenvalue weighted by molar-refractivity contribution is 0.262. The lowest BCUT2D eigenvalue weighted by Gasteiger charge is -2.14. The summed E-state index contributed by atoms with van der Waals surface area (Å²) in [6, 6.07) is 6.63. The summed E-state index contributed by atoms with van der Waals surface area (Å²) in [5, 5.41) is 14.6. The minimum atomic E-state index is -0.363. The van der Waals surface area contributed by atoms with E-state index in [4.69, 9.17) is 11.6 Å². The van der Waals surface area contributed by atoms with Crippen molar-refractivity contribution >= 4 is 56.6 Å². The van der Waals surface area contributed by atoms with Crippen LogP contribution in [-0.4, -0.2) is 61.8 Å². The fraction of sp³-hybridized carbons (Fsp3) is 0.400. The highest BCUT2D eigenvalue weighted by molar-refractivity contribution is 7.15. The zero-order chi connectivity index (χ0) is 25.5. The topological polar surface area (TPSA) is 113 Å². The number of anilines is 3. The van der Waals surface area contributed by atoms with Crippen molar-refractivity contribution in [3.05, 3.63) is 52.9 Å². The van der Waals surface area contributed by atoms with Gasteiger partial charge in [0.2, 0.25) is 0 Å². The number of halogens is 1. The maximum Gasteiger partial charge on any atom is 0.325 e. The molecule has 1 aliphatic heterocycles. The molecular formula is C25H30ClN9OS. The molecule has 0 aliphatic carbocycles. The van der Waals surface area contributed by atoms with Crippen LogP contribution in [0.2, 0.25) is 5.02 Å². The van der Waals surface area contributed by atoms with Gasteiger partial charge >= 0.3 is 6.03 Å². The number of hydrogen-bond donors (Lipinski definition) is 3. The third-order valence-electron chi connectivity index (χ3n) is 6.24. The molecule has 3 aromatic heterocycles. The minimum Gasteiger partial charge on any atom is -0.368 e. The van der Waals surface area contributed by atoms with Crippen molar-refractivity contribution in [2.45, 2.75) is 38.6 Å². The normalized spacial score (nSPS) is 13.8. The first kappa shape index (κ1) is 25.4. The van der Waals surface area contributed by atoms with Crippen LogP contribution < -0.4 is 16.0 Å². The van der Waals surface area contributed by atoms with E-state index in [1.165, 1.54) is 37.3 Å². The molecule has 0 unspecified atom stereocenters. The Morgan fingerprint density at radius 3 is 2.78 bits per heavy atom. The molecule has 3 N–H and O–H groups in total. The summed E-state index contributed by atoms with van der Waals surface area (Å²) in [6.45, 7) is 5.15. The summed E-state index contributed by atoms with van der Waals surface area (Å²) >= 11 is 7.41. The lowest BCUT2D eigenvalue weighted by Crippen LogP contribution is -2.20. The van der Waals surface area contributed by atoms with Crippen molar-refractivity contribution in [3.63, 3.8) is 0 Å². The minimum absolute atomic E-state index is 0.363. The number of amides is 2. The number of fused-ring (bicyclic) bond motifs is 1. The van der Waals surface area contributed by atoms with Crippen LogP contribution in [0.5, 0.6) is 0 Å². The number of nitrogens with one attached hydrogen (secondary N) is 3. The van der Waals surface area contributed by atoms with Crippen LogP contribution in [0, 0.1) is 0 Å². The Kier molecular flexibility index (Phi) is 8.44. The molecule has 194 valence electrons. The first-order valence-electron chi connectivity index (χ1n) is 12.5. The Morgan fingerprint density at radius 1 is 1.05 bits per heavy atom. The van der Waals surface area contributed by atoms with E-state index in [9.17, 15) is 4.79 Å². The van der Waals surface area contributed by atoms with E-state index in [1.54, 1.807) is 43.0 Å². The lowest BCUT2D eigenvalue weighted by atomic mass is 10.3. The maximum absolute atomic E-state index is 12.3. The molecule has 2 amide bonds. The molecule has 1 aliphatic rings. The van der Waals surface area contributed by atoms with E-state index in [2.05, 4.69) is 40.9 Å². The summed E-state index contributed by atoms with van der Waals surface area (Å²) < 4.78 is 2.01. The van der Waals surface area contributed by atoms with E-state index < -0.39 is 0 Å². The average molecular weight is 540 g/mol. The molecule has 0 saturated carbocycles. The van der Waals surface area contributed by atoms with Crippen LogP contribution >= 0.6 is 22.9 Å². The van der Waals surface area contributed by atoms with Gasteiger partial charge in [-0.05, 0) is 63.5 Å². The monoisotopic (exact) mass is 539 g/mol. The van der Waals surface area contributed by atoms with Crippen LogP contribution in [-0.2, 0) is 13.0 Å². The van der Waals surface area contributed by atoms with Gasteiger partial charge in [-0.15, -0.1) is 11.3 Å². The van der Waals surface area contributed by atoms with Crippen molar-refractivity contribution in [2.75, 3.05) is 42.1 Å². The first-order chi connectivity index (χ1) is 18.1. The van der Waals surface area contributed by atoms with E-state index >= 15 is 0 Å². The predicted molar refractivity (Wildman–Crippen MR) is 149 cm³/mol. The highest BCUT2D eigenvalue weighted by atomic mass is 35.5. The Bertz CT molecular complexity index is 1330. The highest BCUT2D eigenvalue weighted by Crippen LogP contribution is 2.22. The SMILES string of the molecule is O=C(Nc1cccc(Cl)c1)Nc1ncc(CCNc2ncnc3cnn(CCCCN4CCCC4)c23)s1. The first-order valence-corrected chi connectivity index (χ1v) is 13.7. The Labute approximate surface area is 224 Å². The second-order valence-electron chi connectivity index (χ2n) is 8.98. The Morgan fingerprint density at radius 2 is 1.92 bits per heavy atom. The van der Waals surface area contributed by atoms with Crippen LogP contribution in [0.3, 0.4) is 0 Å². The largest absolute Gasteiger partial charge is 0.368 e. The molecule has 0 bridgehead atoms. The number of aromatic nitrogens is 5. The third kappa shape index (κ3) is 6.94. The Hall–Kier alpha value is -3.28. The number of likely N-dealkylation sites (tertiary alicyclic amines) is 1. The number of benzene rings is 1. The van der Waals surface area contributed by atoms with Gasteiger partial charge in [0.05, 0.1) is 6.20 Å². The van der Waals surface area contributed by atoms with Crippen molar-refractivity contribution in [1.82, 2.24) is 29.6 Å². The number of thiazole rings is 1. The molecule has 4 aromatic rings. The molecule has 1 saturated heterocycles. The van der Waals surface area contributed by atoms with E-state index in [1.807, 2.05) is 4.68 Å². The fourth-order valence-electron chi connectivity index (χ4n) is 4.44. The van der Waals surface area contributed by atoms with Crippen LogP contribution in [0.15, 0.2) is 43.0 Å². The number of nitrogens with zero attached hydrogens (tertiary/aromatic N) is 6. The molecular weight excluding hydrogens is 510 g/mol. The summed E-state index contributed by atoms with van der Waals surface area (Å²) in [6.07, 6.45) is 10.8. The molecule has 37 heavy (non-hydrogen) atoms. The van der Waals surface area contributed by atoms with Crippen molar-refractivity contribution < 1.29 is 4.79 Å². The molecule has 10 nitrogen and oxygen atoms in total. The summed E-state index contributed by atoms with van der Waals surface area (Å²) in [4.78, 5) is 29.0. The number of unbranched alkanes of at least 4 members (excludes halogenated alkanes) is 1. The smallest absolute Gasteiger partial charge is 0.325 e. The van der Waals surface area contributed by atoms with E-state index in [0.717, 1.165) is 54.1 Å². The molecule has 0 spiro atoms. The van der Waals surface area contributed by atoms with Crippen LogP contribution in [0.25, 0.3) is 11.0 Å². The third-order valence-corrected chi connectivity index (χ3v) is 7.45. The molecule has 1 aromatic carbocycles. The second-order valence-corrected chi connectivity index (χ2v) is 10.5. The molecule has 0 atom stereocenters. The molecule has 1 fully saturated rings. The van der Waals surface area contributed by atoms with E-state index in [-0.39, 0.29) is 6.03 Å². The molecule has 5 rings (SSSR count). The number of hydrogen-bond acceptors (Lipinski definition) is 8. The predicted octanol–water partition coefficient (Wildman–Crippen LogP) is 5.11. The number of carbonyl (C=O) groups is 1. The van der Waals surface area contributed by atoms with Gasteiger partial charge < -0.3 is 15.5 Å². The number of aryl methyl sites for hydroxylation is 1. The van der Waals surface area contributed by atoms with Crippen molar-refractivity contribution in [3.8, 4) is 0 Å². The molecule has 12 heteroatoms. The fourth-order valence-corrected chi connectivity index (χ4v) is 5.43. The van der Waals surface area contributed by atoms with E-state index in [0.29, 0.717) is 22.4 Å². The number of rotatable bonds is 11. The van der Waals surface area contributed by atoms with Crippen LogP contribution in [0.1, 0.15) is 30.6 Å². The van der Waals surface area contributed by atoms with Crippen molar-refractivity contribution in [2.24, 2.45) is 0 Å². The van der Waals surface area contributed by atoms with Gasteiger partial charge in [-0.25, -0.2) is 19.7 Å². The quantitative estimate of drug-likeness (QED) is 0.227. The summed E-state index contributed by atoms with van der Waals surface area (Å²) in [7, 11) is 0. The zero-order valence-electron chi connectivity index (χ0n) is 20.5. The average Bonchev–Trinajstić information content (AvgIpc) is 3.64. The Balaban J connectivity index is 1.11. The van der Waals surface area contributed by atoms with Gasteiger partial charge in [-0.2, -0.15) is 5.10 Å². The standard InChI is InChI=1S/C25H30ClN9OS/c26-18-6-5-7-19(14-18)32-24(36)33-25-28-15-20(37-25)8-9-27-23-22-21(29-17-30-23)16-31-35(22)13-4-3-12-34-10-1-2-11-34/h5-7,14-17H,1-4,8-13H2,(H,27,29,30)(H2,28,32,33,36). The second kappa shape index (κ2) is 12.3. The van der Waals surface area contributed by atoms with Crippen LogP contribution in [0.4, 0.5) is 21.4 Å². The van der Waals surface area contributed by atoms with Gasteiger partial charge in [0.25, 0.3) is 0 Å². The van der Waals surface area contributed by atoms with Gasteiger partial charge in [-0.3, -0.25) is 10.00 Å². The maximum atomic E-state index is 12.3. The van der Waals surface area contributed by atoms with Gasteiger partial charge in [0.15, 0.2) is 10.9 Å². The summed E-state index contributed by atoms with van der Waals surface area (Å²) in [5.74, 6) is 0.783. The van der Waals surface area contributed by atoms with Crippen molar-refractivity contribution in [1.29, 1.82) is 0 Å². The van der Waals surface area contributed by atoms with Gasteiger partial charge in [-0.1, -0.05) is 17.7 Å². The zero-order valence-corrected chi connectivity index (χ0v) is 22.1. The molecule has 0 radical (unpaired) electrons. The van der Waals surface area contributed by atoms with Gasteiger partial charge in [0, 0.05) is 41.3 Å². The molecule has 4 heterocycles. The highest BCUT2D eigenvalue weighted by Gasteiger charge is 2.13. The van der Waals surface area contributed by atoms with Gasteiger partial charge in [0.1, 0.15) is 17.4 Å².